The predicted molar refractivity (Wildman–Crippen MR) is 55.9 cm³/mol. The first kappa shape index (κ1) is 8.97. The molecule has 72 valence electrons. The number of nitrogens with one attached hydrogen (secondary N) is 1. The minimum atomic E-state index is -0.917. The van der Waals surface area contributed by atoms with E-state index in [0.717, 1.165) is 22.8 Å². The van der Waals surface area contributed by atoms with E-state index in [-0.39, 0.29) is 0 Å². The highest BCUT2D eigenvalue weighted by molar-refractivity contribution is 5.87. The Balaban J connectivity index is 2.70. The number of hydrogen-bond acceptors (Lipinski definition) is 2. The molecule has 0 bridgehead atoms. The van der Waals surface area contributed by atoms with Gasteiger partial charge in [-0.1, -0.05) is 18.2 Å². The molecule has 1 aromatic heterocycles. The summed E-state index contributed by atoms with van der Waals surface area (Å²) in [6, 6.07) is 7.79. The molecule has 0 amide bonds. The molecule has 0 aliphatic carbocycles. The van der Waals surface area contributed by atoms with E-state index in [4.69, 9.17) is 5.73 Å². The van der Waals surface area contributed by atoms with Gasteiger partial charge in [-0.3, -0.25) is 0 Å². The number of benzene rings is 1. The van der Waals surface area contributed by atoms with Crippen molar-refractivity contribution in [1.82, 2.24) is 4.98 Å². The van der Waals surface area contributed by atoms with Crippen LogP contribution in [0.2, 0.25) is 0 Å². The fraction of sp³-hybridized carbons (Fsp3) is 0.182. The topological polar surface area (TPSA) is 58.9 Å². The minimum Gasteiger partial charge on any atom is -0.361 e. The van der Waals surface area contributed by atoms with Crippen molar-refractivity contribution in [2.24, 2.45) is 5.73 Å². The van der Waals surface area contributed by atoms with Crippen molar-refractivity contribution in [2.45, 2.75) is 12.5 Å². The normalized spacial score (nSPS) is 15.3. The molecule has 0 aliphatic rings. The Hall–Kier alpha value is -1.61. The molecule has 0 unspecified atom stereocenters. The van der Waals surface area contributed by atoms with Crippen LogP contribution >= 0.6 is 0 Å². The number of carbonyl (C=O) groups is 1. The second-order valence-corrected chi connectivity index (χ2v) is 3.65. The van der Waals surface area contributed by atoms with Crippen LogP contribution in [0.25, 0.3) is 10.9 Å². The second-order valence-electron chi connectivity index (χ2n) is 3.65. The quantitative estimate of drug-likeness (QED) is 0.702. The summed E-state index contributed by atoms with van der Waals surface area (Å²) in [6.07, 6.45) is 2.56. The Morgan fingerprint density at radius 3 is 2.86 bits per heavy atom. The van der Waals surface area contributed by atoms with Gasteiger partial charge in [0.1, 0.15) is 6.29 Å². The number of aromatic nitrogens is 1. The fourth-order valence-electron chi connectivity index (χ4n) is 1.58. The molecule has 2 aromatic rings. The highest BCUT2D eigenvalue weighted by Gasteiger charge is 2.23. The molecule has 0 saturated carbocycles. The van der Waals surface area contributed by atoms with E-state index in [1.807, 2.05) is 24.3 Å². The van der Waals surface area contributed by atoms with Gasteiger partial charge >= 0.3 is 0 Å². The molecule has 0 spiro atoms. The van der Waals surface area contributed by atoms with Gasteiger partial charge in [-0.25, -0.2) is 0 Å². The van der Waals surface area contributed by atoms with Crippen LogP contribution in [0.15, 0.2) is 30.5 Å². The maximum Gasteiger partial charge on any atom is 0.144 e. The third-order valence-corrected chi connectivity index (χ3v) is 2.41. The summed E-state index contributed by atoms with van der Waals surface area (Å²) in [6.45, 7) is 1.70. The van der Waals surface area contributed by atoms with Gasteiger partial charge in [0.05, 0.1) is 5.54 Å². The number of para-hydroxylation sites is 1. The average Bonchev–Trinajstić information content (AvgIpc) is 2.61. The summed E-state index contributed by atoms with van der Waals surface area (Å²) in [4.78, 5) is 13.9. The van der Waals surface area contributed by atoms with Crippen LogP contribution in [-0.4, -0.2) is 11.3 Å². The summed E-state index contributed by atoms with van der Waals surface area (Å²) < 4.78 is 0. The standard InChI is InChI=1S/C11H12N2O/c1-11(12,7-14)9-6-13-10-5-3-2-4-8(9)10/h2-7,13H,12H2,1H3/t11-/m0/s1. The van der Waals surface area contributed by atoms with Crippen molar-refractivity contribution in [1.29, 1.82) is 0 Å². The molecule has 14 heavy (non-hydrogen) atoms. The SMILES string of the molecule is C[C@](N)(C=O)c1c[nH]c2ccccc12. The van der Waals surface area contributed by atoms with Crippen LogP contribution in [0.5, 0.6) is 0 Å². The van der Waals surface area contributed by atoms with Crippen LogP contribution in [0.4, 0.5) is 0 Å². The van der Waals surface area contributed by atoms with Gasteiger partial charge in [0.2, 0.25) is 0 Å². The van der Waals surface area contributed by atoms with E-state index in [1.165, 1.54) is 0 Å². The molecule has 0 radical (unpaired) electrons. The third kappa shape index (κ3) is 1.22. The highest BCUT2D eigenvalue weighted by atomic mass is 16.1. The Morgan fingerprint density at radius 1 is 1.43 bits per heavy atom. The van der Waals surface area contributed by atoms with Gasteiger partial charge in [-0.05, 0) is 13.0 Å². The molecule has 0 fully saturated rings. The van der Waals surface area contributed by atoms with E-state index >= 15 is 0 Å². The average molecular weight is 188 g/mol. The molecule has 1 heterocycles. The zero-order valence-corrected chi connectivity index (χ0v) is 7.95. The molecule has 1 atom stereocenters. The molecule has 1 aromatic carbocycles. The van der Waals surface area contributed by atoms with Crippen LogP contribution in [0.1, 0.15) is 12.5 Å². The van der Waals surface area contributed by atoms with Crippen LogP contribution in [0, 0.1) is 0 Å². The Morgan fingerprint density at radius 2 is 2.14 bits per heavy atom. The lowest BCUT2D eigenvalue weighted by atomic mass is 9.95. The maximum atomic E-state index is 10.8. The molecule has 2 rings (SSSR count). The van der Waals surface area contributed by atoms with Gasteiger partial charge < -0.3 is 15.5 Å². The number of rotatable bonds is 2. The first-order valence-electron chi connectivity index (χ1n) is 4.47. The molecule has 3 nitrogen and oxygen atoms in total. The van der Waals surface area contributed by atoms with Gasteiger partial charge in [0, 0.05) is 22.7 Å². The van der Waals surface area contributed by atoms with Crippen molar-refractivity contribution in [2.75, 3.05) is 0 Å². The van der Waals surface area contributed by atoms with Gasteiger partial charge in [-0.2, -0.15) is 0 Å². The Bertz CT molecular complexity index is 471. The zero-order chi connectivity index (χ0) is 10.2. The lowest BCUT2D eigenvalue weighted by molar-refractivity contribution is -0.111. The lowest BCUT2D eigenvalue weighted by Gasteiger charge is -2.15. The van der Waals surface area contributed by atoms with Crippen molar-refractivity contribution in [3.8, 4) is 0 Å². The molecule has 0 saturated heterocycles. The highest BCUT2D eigenvalue weighted by Crippen LogP contribution is 2.25. The van der Waals surface area contributed by atoms with Crippen molar-refractivity contribution in [3.63, 3.8) is 0 Å². The van der Waals surface area contributed by atoms with E-state index in [9.17, 15) is 4.79 Å². The van der Waals surface area contributed by atoms with Crippen LogP contribution in [-0.2, 0) is 10.3 Å². The van der Waals surface area contributed by atoms with Crippen LogP contribution < -0.4 is 5.73 Å². The van der Waals surface area contributed by atoms with Crippen LogP contribution in [0.3, 0.4) is 0 Å². The van der Waals surface area contributed by atoms with E-state index < -0.39 is 5.54 Å². The van der Waals surface area contributed by atoms with E-state index in [0.29, 0.717) is 0 Å². The zero-order valence-electron chi connectivity index (χ0n) is 7.95. The van der Waals surface area contributed by atoms with Crippen molar-refractivity contribution in [3.05, 3.63) is 36.0 Å². The maximum absolute atomic E-state index is 10.8. The number of aldehydes is 1. The van der Waals surface area contributed by atoms with E-state index in [1.54, 1.807) is 13.1 Å². The predicted octanol–water partition coefficient (Wildman–Crippen LogP) is 1.54. The number of hydrogen-bond donors (Lipinski definition) is 2. The van der Waals surface area contributed by atoms with Gasteiger partial charge in [0.15, 0.2) is 0 Å². The third-order valence-electron chi connectivity index (χ3n) is 2.41. The first-order chi connectivity index (χ1) is 6.65. The summed E-state index contributed by atoms with van der Waals surface area (Å²) in [5, 5.41) is 1.00. The summed E-state index contributed by atoms with van der Waals surface area (Å²) in [5.74, 6) is 0. The molecule has 3 N–H and O–H groups in total. The number of H-pyrrole nitrogens is 1. The summed E-state index contributed by atoms with van der Waals surface area (Å²) in [7, 11) is 0. The molecule has 0 aliphatic heterocycles. The van der Waals surface area contributed by atoms with E-state index in [2.05, 4.69) is 4.98 Å². The molecule has 3 heteroatoms. The summed E-state index contributed by atoms with van der Waals surface area (Å²) in [5.41, 5.74) is 6.78. The second kappa shape index (κ2) is 2.96. The van der Waals surface area contributed by atoms with Crippen molar-refractivity contribution >= 4 is 17.2 Å². The smallest absolute Gasteiger partial charge is 0.144 e. The number of fused-ring (bicyclic) bond motifs is 1. The molecular formula is C11H12N2O. The number of aromatic amines is 1. The molecular weight excluding hydrogens is 176 g/mol. The fourth-order valence-corrected chi connectivity index (χ4v) is 1.58. The first-order valence-corrected chi connectivity index (χ1v) is 4.47. The number of nitrogens with two attached hydrogens (primary N) is 1. The largest absolute Gasteiger partial charge is 0.361 e. The lowest BCUT2D eigenvalue weighted by Crippen LogP contribution is -2.34. The van der Waals surface area contributed by atoms with Gasteiger partial charge in [0.25, 0.3) is 0 Å². The Kier molecular flexibility index (Phi) is 1.89. The Labute approximate surface area is 81.9 Å². The van der Waals surface area contributed by atoms with Gasteiger partial charge in [-0.15, -0.1) is 0 Å². The summed E-state index contributed by atoms with van der Waals surface area (Å²) >= 11 is 0. The number of carbonyl (C=O) groups excluding carboxylic acids is 1. The monoisotopic (exact) mass is 188 g/mol. The van der Waals surface area contributed by atoms with Crippen molar-refractivity contribution < 1.29 is 4.79 Å². The minimum absolute atomic E-state index is 0.766.